The van der Waals surface area contributed by atoms with Crippen LogP contribution in [0.4, 0.5) is 0 Å². The molecule has 1 unspecified atom stereocenters. The van der Waals surface area contributed by atoms with Crippen LogP contribution in [0.2, 0.25) is 0 Å². The molecule has 0 aromatic heterocycles. The molecule has 0 saturated heterocycles. The highest BCUT2D eigenvalue weighted by Crippen LogP contribution is 2.14. The Balaban J connectivity index is 4.48. The van der Waals surface area contributed by atoms with Crippen molar-refractivity contribution in [1.82, 2.24) is 0 Å². The van der Waals surface area contributed by atoms with Gasteiger partial charge in [-0.15, -0.1) is 0 Å². The highest BCUT2D eigenvalue weighted by Gasteiger charge is 2.19. The lowest BCUT2D eigenvalue weighted by Crippen LogP contribution is -2.30. The molecule has 6 heteroatoms. The zero-order valence-electron chi connectivity index (χ0n) is 44.8. The van der Waals surface area contributed by atoms with Gasteiger partial charge in [0.25, 0.3) is 0 Å². The Morgan fingerprint density at radius 3 is 0.928 bits per heavy atom. The Bertz CT molecular complexity index is 1420. The number of hydrogen-bond donors (Lipinski definition) is 0. The molecule has 0 rings (SSSR count). The standard InChI is InChI=1S/C63H104O6/c1-4-7-10-13-16-19-22-25-28-30-31-33-35-38-41-44-47-50-53-56-62(65)68-59-60(58-67-61(64)55-52-49-46-43-40-37-34-27-24-21-18-15-12-9-6-3)69-63(66)57-54-51-48-45-42-39-36-32-29-26-23-20-17-14-11-8-5-2/h7,9-10,12,16,18-19,21,25-29,31,33-34,40,43,60H,4-6,8,11,13-15,17,20,22-24,30,32,35-39,41-42,44-59H2,1-3H3/b10-7-,12-9-,19-16-,21-18-,28-25-,29-26-,33-31-,34-27-,43-40-. The van der Waals surface area contributed by atoms with Gasteiger partial charge in [0.05, 0.1) is 0 Å². The third kappa shape index (κ3) is 54.9. The molecule has 6 nitrogen and oxygen atoms in total. The maximum Gasteiger partial charge on any atom is 0.306 e. The monoisotopic (exact) mass is 957 g/mol. The van der Waals surface area contributed by atoms with Gasteiger partial charge in [0.15, 0.2) is 6.10 Å². The molecule has 0 radical (unpaired) electrons. The second-order valence-corrected chi connectivity index (χ2v) is 18.4. The third-order valence-electron chi connectivity index (χ3n) is 11.7. The van der Waals surface area contributed by atoms with Crippen molar-refractivity contribution in [3.63, 3.8) is 0 Å². The van der Waals surface area contributed by atoms with Crippen molar-refractivity contribution in [2.45, 2.75) is 258 Å². The van der Waals surface area contributed by atoms with E-state index >= 15 is 0 Å². The molecule has 0 bridgehead atoms. The van der Waals surface area contributed by atoms with E-state index in [0.29, 0.717) is 19.3 Å². The summed E-state index contributed by atoms with van der Waals surface area (Å²) in [4.78, 5) is 38.1. The first-order chi connectivity index (χ1) is 34.0. The number of carbonyl (C=O) groups excluding carboxylic acids is 3. The number of allylic oxidation sites excluding steroid dienone is 18. The molecule has 69 heavy (non-hydrogen) atoms. The maximum absolute atomic E-state index is 12.9. The van der Waals surface area contributed by atoms with Crippen LogP contribution >= 0.6 is 0 Å². The fourth-order valence-electron chi connectivity index (χ4n) is 7.54. The van der Waals surface area contributed by atoms with Gasteiger partial charge in [-0.3, -0.25) is 14.4 Å². The van der Waals surface area contributed by atoms with E-state index in [1.165, 1.54) is 89.9 Å². The van der Waals surface area contributed by atoms with Crippen LogP contribution in [0.25, 0.3) is 0 Å². The third-order valence-corrected chi connectivity index (χ3v) is 11.7. The highest BCUT2D eigenvalue weighted by atomic mass is 16.6. The van der Waals surface area contributed by atoms with Crippen LogP contribution in [0.15, 0.2) is 109 Å². The predicted octanol–water partition coefficient (Wildman–Crippen LogP) is 19.1. The van der Waals surface area contributed by atoms with Crippen molar-refractivity contribution in [2.24, 2.45) is 0 Å². The first kappa shape index (κ1) is 65.1. The van der Waals surface area contributed by atoms with E-state index in [9.17, 15) is 14.4 Å². The number of carbonyl (C=O) groups is 3. The van der Waals surface area contributed by atoms with Gasteiger partial charge < -0.3 is 14.2 Å². The summed E-state index contributed by atoms with van der Waals surface area (Å²) in [6.07, 6.45) is 76.5. The van der Waals surface area contributed by atoms with E-state index in [-0.39, 0.29) is 31.1 Å². The lowest BCUT2D eigenvalue weighted by atomic mass is 10.1. The van der Waals surface area contributed by atoms with Crippen LogP contribution < -0.4 is 0 Å². The van der Waals surface area contributed by atoms with E-state index in [0.717, 1.165) is 122 Å². The Morgan fingerprint density at radius 2 is 0.565 bits per heavy atom. The first-order valence-electron chi connectivity index (χ1n) is 28.4. The summed E-state index contributed by atoms with van der Waals surface area (Å²) in [5.74, 6) is -0.961. The minimum atomic E-state index is -0.806. The molecular weight excluding hydrogens is 853 g/mol. The highest BCUT2D eigenvalue weighted by molar-refractivity contribution is 5.71. The fourth-order valence-corrected chi connectivity index (χ4v) is 7.54. The number of unbranched alkanes of at least 4 members (excludes halogenated alkanes) is 21. The molecule has 0 aromatic carbocycles. The quantitative estimate of drug-likeness (QED) is 0.0262. The topological polar surface area (TPSA) is 78.9 Å². The largest absolute Gasteiger partial charge is 0.462 e. The van der Waals surface area contributed by atoms with E-state index < -0.39 is 6.10 Å². The van der Waals surface area contributed by atoms with Crippen LogP contribution in [-0.4, -0.2) is 37.2 Å². The average molecular weight is 958 g/mol. The van der Waals surface area contributed by atoms with Gasteiger partial charge in [-0.05, 0) is 122 Å². The Kier molecular flexibility index (Phi) is 53.4. The first-order valence-corrected chi connectivity index (χ1v) is 28.4. The van der Waals surface area contributed by atoms with Crippen LogP contribution in [0.1, 0.15) is 252 Å². The van der Waals surface area contributed by atoms with Crippen molar-refractivity contribution in [3.8, 4) is 0 Å². The molecule has 0 aliphatic heterocycles. The van der Waals surface area contributed by atoms with Crippen LogP contribution in [0.5, 0.6) is 0 Å². The maximum atomic E-state index is 12.9. The Hall–Kier alpha value is -3.93. The summed E-state index contributed by atoms with van der Waals surface area (Å²) in [7, 11) is 0. The fraction of sp³-hybridized carbons (Fsp3) is 0.667. The predicted molar refractivity (Wildman–Crippen MR) is 297 cm³/mol. The summed E-state index contributed by atoms with van der Waals surface area (Å²) in [5.41, 5.74) is 0. The van der Waals surface area contributed by atoms with Gasteiger partial charge in [-0.1, -0.05) is 220 Å². The Labute approximate surface area is 425 Å². The summed E-state index contributed by atoms with van der Waals surface area (Å²) >= 11 is 0. The summed E-state index contributed by atoms with van der Waals surface area (Å²) < 4.78 is 16.8. The average Bonchev–Trinajstić information content (AvgIpc) is 3.35. The number of ether oxygens (including phenoxy) is 3. The molecule has 0 aromatic rings. The van der Waals surface area contributed by atoms with Gasteiger partial charge in [0.2, 0.25) is 0 Å². The van der Waals surface area contributed by atoms with Crippen LogP contribution in [0.3, 0.4) is 0 Å². The molecule has 392 valence electrons. The van der Waals surface area contributed by atoms with Crippen molar-refractivity contribution in [3.05, 3.63) is 109 Å². The molecule has 0 aliphatic carbocycles. The van der Waals surface area contributed by atoms with Crippen LogP contribution in [-0.2, 0) is 28.6 Å². The number of esters is 3. The molecule has 0 N–H and O–H groups in total. The second kappa shape index (κ2) is 56.7. The van der Waals surface area contributed by atoms with Crippen LogP contribution in [0, 0.1) is 0 Å². The number of rotatable bonds is 50. The summed E-state index contributed by atoms with van der Waals surface area (Å²) in [6.45, 7) is 6.36. The zero-order chi connectivity index (χ0) is 50.0. The molecule has 0 spiro atoms. The molecule has 0 aliphatic rings. The summed E-state index contributed by atoms with van der Waals surface area (Å²) in [6, 6.07) is 0. The van der Waals surface area contributed by atoms with Crippen molar-refractivity contribution >= 4 is 17.9 Å². The molecule has 0 fully saturated rings. The smallest absolute Gasteiger partial charge is 0.306 e. The lowest BCUT2D eigenvalue weighted by molar-refractivity contribution is -0.167. The van der Waals surface area contributed by atoms with Gasteiger partial charge in [0.1, 0.15) is 13.2 Å². The SMILES string of the molecule is CC/C=C\C/C=C\C/C=C\C/C=C\CCCCCCCCC(=O)OCC(COC(=O)CCCC/C=C\C/C=C\C/C=C\C/C=C\CC)OC(=O)CCCCCCCCC/C=C\CCCCCCCC. The second-order valence-electron chi connectivity index (χ2n) is 18.4. The zero-order valence-corrected chi connectivity index (χ0v) is 44.8. The normalized spacial score (nSPS) is 12.9. The van der Waals surface area contributed by atoms with Crippen molar-refractivity contribution < 1.29 is 28.6 Å². The van der Waals surface area contributed by atoms with Gasteiger partial charge in [-0.25, -0.2) is 0 Å². The van der Waals surface area contributed by atoms with E-state index in [1.807, 2.05) is 0 Å². The van der Waals surface area contributed by atoms with Crippen molar-refractivity contribution in [1.29, 1.82) is 0 Å². The molecule has 0 heterocycles. The minimum absolute atomic E-state index is 0.102. The lowest BCUT2D eigenvalue weighted by Gasteiger charge is -2.18. The summed E-state index contributed by atoms with van der Waals surface area (Å²) in [5, 5.41) is 0. The minimum Gasteiger partial charge on any atom is -0.462 e. The van der Waals surface area contributed by atoms with Gasteiger partial charge in [0, 0.05) is 19.3 Å². The van der Waals surface area contributed by atoms with E-state index in [4.69, 9.17) is 14.2 Å². The molecule has 1 atom stereocenters. The van der Waals surface area contributed by atoms with E-state index in [1.54, 1.807) is 0 Å². The molecular formula is C63H104O6. The van der Waals surface area contributed by atoms with Gasteiger partial charge in [-0.2, -0.15) is 0 Å². The van der Waals surface area contributed by atoms with Crippen molar-refractivity contribution in [2.75, 3.05) is 13.2 Å². The molecule has 0 saturated carbocycles. The van der Waals surface area contributed by atoms with E-state index in [2.05, 4.69) is 130 Å². The molecule has 0 amide bonds. The number of hydrogen-bond acceptors (Lipinski definition) is 6. The Morgan fingerprint density at radius 1 is 0.304 bits per heavy atom. The van der Waals surface area contributed by atoms with Gasteiger partial charge >= 0.3 is 17.9 Å².